The van der Waals surface area contributed by atoms with Gasteiger partial charge >= 0.3 is 0 Å². The minimum atomic E-state index is 0.940. The second-order valence-electron chi connectivity index (χ2n) is 6.35. The molecule has 2 N–H and O–H groups in total. The molecule has 0 aliphatic rings. The summed E-state index contributed by atoms with van der Waals surface area (Å²) >= 11 is 1.70. The van der Waals surface area contributed by atoms with Crippen LogP contribution in [0, 0.1) is 41.5 Å². The molecule has 4 nitrogen and oxygen atoms in total. The molecule has 2 aromatic carbocycles. The molecule has 2 rings (SSSR count). The molecule has 25 heavy (non-hydrogen) atoms. The highest BCUT2D eigenvalue weighted by Crippen LogP contribution is 2.39. The van der Waals surface area contributed by atoms with Crippen molar-refractivity contribution in [3.05, 3.63) is 56.6 Å². The van der Waals surface area contributed by atoms with E-state index in [0.29, 0.717) is 0 Å². The highest BCUT2D eigenvalue weighted by molar-refractivity contribution is 7.99. The minimum Gasteiger partial charge on any atom is -0.411 e. The fourth-order valence-electron chi connectivity index (χ4n) is 3.29. The summed E-state index contributed by atoms with van der Waals surface area (Å²) in [5.74, 6) is 0. The molecular formula is C20H24N2O2S. The highest BCUT2D eigenvalue weighted by Gasteiger charge is 2.16. The molecule has 0 aliphatic carbocycles. The first-order chi connectivity index (χ1) is 11.8. The normalized spacial score (nSPS) is 11.8. The number of rotatable bonds is 4. The van der Waals surface area contributed by atoms with Crippen LogP contribution in [0.25, 0.3) is 0 Å². The lowest BCUT2D eigenvalue weighted by Crippen LogP contribution is -2.00. The maximum atomic E-state index is 8.96. The molecule has 0 atom stereocenters. The Balaban J connectivity index is 2.65. The molecule has 2 aromatic rings. The van der Waals surface area contributed by atoms with E-state index in [0.717, 1.165) is 43.2 Å². The van der Waals surface area contributed by atoms with Crippen LogP contribution < -0.4 is 0 Å². The van der Waals surface area contributed by atoms with E-state index in [2.05, 4.69) is 36.3 Å². The summed E-state index contributed by atoms with van der Waals surface area (Å²) in [5, 5.41) is 24.3. The van der Waals surface area contributed by atoms with E-state index in [4.69, 9.17) is 10.4 Å². The largest absolute Gasteiger partial charge is 0.411 e. The second-order valence-corrected chi connectivity index (χ2v) is 7.37. The summed E-state index contributed by atoms with van der Waals surface area (Å²) in [7, 11) is 0. The minimum absolute atomic E-state index is 0.940. The quantitative estimate of drug-likeness (QED) is 0.443. The van der Waals surface area contributed by atoms with Crippen molar-refractivity contribution in [2.24, 2.45) is 10.3 Å². The molecule has 0 bridgehead atoms. The summed E-state index contributed by atoms with van der Waals surface area (Å²) in [6.07, 6.45) is 2.99. The first-order valence-electron chi connectivity index (χ1n) is 8.06. The molecular weight excluding hydrogens is 332 g/mol. The second kappa shape index (κ2) is 7.74. The molecule has 0 unspecified atom stereocenters. The van der Waals surface area contributed by atoms with Crippen LogP contribution in [0.3, 0.4) is 0 Å². The molecule has 0 aromatic heterocycles. The van der Waals surface area contributed by atoms with Gasteiger partial charge in [-0.15, -0.1) is 0 Å². The van der Waals surface area contributed by atoms with Crippen molar-refractivity contribution in [2.75, 3.05) is 0 Å². The fourth-order valence-corrected chi connectivity index (χ4v) is 4.46. The maximum absolute atomic E-state index is 8.96. The lowest BCUT2D eigenvalue weighted by atomic mass is 10.0. The molecule has 5 heteroatoms. The number of oxime groups is 2. The number of aryl methyl sites for hydroxylation is 4. The molecule has 0 amide bonds. The molecule has 132 valence electrons. The fraction of sp³-hybridized carbons (Fsp3) is 0.300. The van der Waals surface area contributed by atoms with Gasteiger partial charge in [0.15, 0.2) is 0 Å². The first kappa shape index (κ1) is 19.1. The third-order valence-corrected chi connectivity index (χ3v) is 6.16. The lowest BCUT2D eigenvalue weighted by molar-refractivity contribution is 0.321. The smallest absolute Gasteiger partial charge is 0.0739 e. The predicted octanol–water partition coefficient (Wildman–Crippen LogP) is 5.30. The third-order valence-electron chi connectivity index (χ3n) is 4.50. The monoisotopic (exact) mass is 356 g/mol. The zero-order valence-electron chi connectivity index (χ0n) is 15.5. The maximum Gasteiger partial charge on any atom is 0.0739 e. The van der Waals surface area contributed by atoms with Crippen LogP contribution in [-0.4, -0.2) is 22.8 Å². The van der Waals surface area contributed by atoms with Gasteiger partial charge in [-0.1, -0.05) is 34.2 Å². The van der Waals surface area contributed by atoms with Gasteiger partial charge < -0.3 is 10.4 Å². The SMILES string of the molecule is Cc1cc(C)c(Sc2c(C)cc(C)c(/C=N/O)c2C)c(C)c1/C=N/O. The van der Waals surface area contributed by atoms with Crippen LogP contribution in [0.5, 0.6) is 0 Å². The van der Waals surface area contributed by atoms with E-state index in [1.807, 2.05) is 27.7 Å². The van der Waals surface area contributed by atoms with Gasteiger partial charge in [0.05, 0.1) is 12.4 Å². The predicted molar refractivity (Wildman–Crippen MR) is 104 cm³/mol. The first-order valence-corrected chi connectivity index (χ1v) is 8.87. The molecule has 0 aliphatic heterocycles. The summed E-state index contributed by atoms with van der Waals surface area (Å²) in [5.41, 5.74) is 8.61. The van der Waals surface area contributed by atoms with E-state index >= 15 is 0 Å². The molecule has 0 heterocycles. The topological polar surface area (TPSA) is 65.2 Å². The zero-order chi connectivity index (χ0) is 18.7. The van der Waals surface area contributed by atoms with E-state index in [9.17, 15) is 0 Å². The summed E-state index contributed by atoms with van der Waals surface area (Å²) in [6, 6.07) is 4.22. The molecule has 0 spiro atoms. The van der Waals surface area contributed by atoms with Gasteiger partial charge in [-0.3, -0.25) is 0 Å². The standard InChI is InChI=1S/C20H24N2O2S/c1-11-7-13(3)19(15(5)17(11)9-21-23)25-20-14(4)8-12(2)18(10-22-24)16(20)6/h7-10,23-24H,1-6H3/b21-9+,22-10+. The van der Waals surface area contributed by atoms with Crippen molar-refractivity contribution < 1.29 is 10.4 Å². The molecule has 0 fully saturated rings. The Morgan fingerprint density at radius 2 is 1.04 bits per heavy atom. The van der Waals surface area contributed by atoms with Crippen LogP contribution in [0.4, 0.5) is 0 Å². The van der Waals surface area contributed by atoms with Crippen molar-refractivity contribution in [3.63, 3.8) is 0 Å². The van der Waals surface area contributed by atoms with E-state index in [1.165, 1.54) is 23.6 Å². The van der Waals surface area contributed by atoms with Gasteiger partial charge in [0.1, 0.15) is 0 Å². The summed E-state index contributed by atoms with van der Waals surface area (Å²) < 4.78 is 0. The Morgan fingerprint density at radius 1 is 0.680 bits per heavy atom. The Kier molecular flexibility index (Phi) is 5.90. The van der Waals surface area contributed by atoms with Gasteiger partial charge in [0, 0.05) is 20.9 Å². The van der Waals surface area contributed by atoms with Crippen molar-refractivity contribution in [3.8, 4) is 0 Å². The van der Waals surface area contributed by atoms with Crippen LogP contribution in [-0.2, 0) is 0 Å². The van der Waals surface area contributed by atoms with E-state index < -0.39 is 0 Å². The van der Waals surface area contributed by atoms with Crippen LogP contribution in [0.2, 0.25) is 0 Å². The van der Waals surface area contributed by atoms with Crippen LogP contribution >= 0.6 is 11.8 Å². The number of nitrogens with zero attached hydrogens (tertiary/aromatic N) is 2. The van der Waals surface area contributed by atoms with Crippen LogP contribution in [0.15, 0.2) is 32.2 Å². The van der Waals surface area contributed by atoms with Crippen molar-refractivity contribution >= 4 is 24.2 Å². The Hall–Kier alpha value is -2.27. The third kappa shape index (κ3) is 3.71. The van der Waals surface area contributed by atoms with Gasteiger partial charge in [-0.25, -0.2) is 0 Å². The van der Waals surface area contributed by atoms with Crippen molar-refractivity contribution in [1.29, 1.82) is 0 Å². The average Bonchev–Trinajstić information content (AvgIpc) is 2.54. The van der Waals surface area contributed by atoms with Gasteiger partial charge in [-0.05, 0) is 74.9 Å². The Labute approximate surface area is 153 Å². The van der Waals surface area contributed by atoms with E-state index in [-0.39, 0.29) is 0 Å². The van der Waals surface area contributed by atoms with Gasteiger partial charge in [-0.2, -0.15) is 0 Å². The average molecular weight is 356 g/mol. The Morgan fingerprint density at radius 3 is 1.36 bits per heavy atom. The number of benzene rings is 2. The number of hydrogen-bond donors (Lipinski definition) is 2. The van der Waals surface area contributed by atoms with Gasteiger partial charge in [0.2, 0.25) is 0 Å². The molecule has 0 saturated carbocycles. The summed E-state index contributed by atoms with van der Waals surface area (Å²) in [4.78, 5) is 2.31. The Bertz CT molecular complexity index is 799. The highest BCUT2D eigenvalue weighted by atomic mass is 32.2. The van der Waals surface area contributed by atoms with Crippen LogP contribution in [0.1, 0.15) is 44.5 Å². The lowest BCUT2D eigenvalue weighted by Gasteiger charge is -2.18. The molecule has 0 saturated heterocycles. The van der Waals surface area contributed by atoms with Gasteiger partial charge in [0.25, 0.3) is 0 Å². The van der Waals surface area contributed by atoms with E-state index in [1.54, 1.807) is 11.8 Å². The summed E-state index contributed by atoms with van der Waals surface area (Å²) in [6.45, 7) is 12.3. The van der Waals surface area contributed by atoms with Crippen molar-refractivity contribution in [1.82, 2.24) is 0 Å². The zero-order valence-corrected chi connectivity index (χ0v) is 16.3. The molecule has 0 radical (unpaired) electrons. The number of hydrogen-bond acceptors (Lipinski definition) is 5. The van der Waals surface area contributed by atoms with Crippen molar-refractivity contribution in [2.45, 2.75) is 51.3 Å².